The maximum Gasteiger partial charge on any atom is 0.104 e. The van der Waals surface area contributed by atoms with Crippen molar-refractivity contribution in [2.75, 3.05) is 88.5 Å². The molecule has 0 N–H and O–H groups in total. The van der Waals surface area contributed by atoms with Gasteiger partial charge in [0.2, 0.25) is 0 Å². The van der Waals surface area contributed by atoms with Gasteiger partial charge in [-0.2, -0.15) is 0 Å². The molecule has 0 aromatic heterocycles. The van der Waals surface area contributed by atoms with Gasteiger partial charge >= 0.3 is 0 Å². The lowest BCUT2D eigenvalue weighted by molar-refractivity contribution is -0.0511. The average Bonchev–Trinajstić information content (AvgIpc) is 3.35. The topological polar surface area (TPSA) is 27.7 Å². The number of aryl methyl sites for hydroxylation is 6. The number of hydrogen-bond acceptors (Lipinski definition) is 3. The van der Waals surface area contributed by atoms with Gasteiger partial charge in [-0.1, -0.05) is 182 Å². The molecule has 6 aromatic carbocycles. The van der Waals surface area contributed by atoms with Crippen molar-refractivity contribution in [2.24, 2.45) is 0 Å². The van der Waals surface area contributed by atoms with Crippen LogP contribution in [0.3, 0.4) is 0 Å². The van der Waals surface area contributed by atoms with E-state index in [4.69, 9.17) is 14.2 Å². The summed E-state index contributed by atoms with van der Waals surface area (Å²) in [7, 11) is -0.505. The Hall–Kier alpha value is -3.51. The van der Waals surface area contributed by atoms with Crippen LogP contribution < -0.4 is 0 Å². The average molecular weight is 897 g/mol. The summed E-state index contributed by atoms with van der Waals surface area (Å²) in [6.45, 7) is 3.49. The van der Waals surface area contributed by atoms with Crippen LogP contribution in [0.4, 0.5) is 0 Å². The van der Waals surface area contributed by atoms with E-state index >= 15 is 0 Å². The van der Waals surface area contributed by atoms with Crippen LogP contribution in [0.2, 0.25) is 0 Å². The highest BCUT2D eigenvalue weighted by Crippen LogP contribution is 2.39. The molecular formula is C57H71O3P3. The van der Waals surface area contributed by atoms with Crippen molar-refractivity contribution in [3.63, 3.8) is 0 Å². The van der Waals surface area contributed by atoms with Crippen molar-refractivity contribution in [3.8, 4) is 0 Å². The summed E-state index contributed by atoms with van der Waals surface area (Å²) in [6.07, 6.45) is 17.5. The first kappa shape index (κ1) is 48.9. The molecule has 0 saturated heterocycles. The maximum absolute atomic E-state index is 6.79. The van der Waals surface area contributed by atoms with Gasteiger partial charge in [-0.05, 0) is 127 Å². The van der Waals surface area contributed by atoms with Crippen molar-refractivity contribution in [2.45, 2.75) is 44.6 Å². The van der Waals surface area contributed by atoms with Crippen LogP contribution in [0, 0.1) is 0 Å². The Morgan fingerprint density at radius 3 is 0.730 bits per heavy atom. The summed E-state index contributed by atoms with van der Waals surface area (Å²) in [4.78, 5) is 0. The van der Waals surface area contributed by atoms with Gasteiger partial charge in [-0.25, -0.2) is 0 Å². The van der Waals surface area contributed by atoms with Crippen LogP contribution in [0.25, 0.3) is 0 Å². The van der Waals surface area contributed by atoms with Crippen molar-refractivity contribution in [3.05, 3.63) is 215 Å². The van der Waals surface area contributed by atoms with Crippen molar-refractivity contribution in [1.82, 2.24) is 0 Å². The molecule has 0 atom stereocenters. The summed E-state index contributed by atoms with van der Waals surface area (Å²) in [5, 5.41) is 0. The van der Waals surface area contributed by atoms with Gasteiger partial charge in [0.15, 0.2) is 0 Å². The number of ether oxygens (including phenoxy) is 3. The van der Waals surface area contributed by atoms with E-state index in [1.807, 2.05) is 0 Å². The van der Waals surface area contributed by atoms with E-state index in [-0.39, 0.29) is 29.9 Å². The van der Waals surface area contributed by atoms with Gasteiger partial charge in [0.05, 0.1) is 33.0 Å². The molecule has 0 fully saturated rings. The Morgan fingerprint density at radius 2 is 0.492 bits per heavy atom. The number of benzene rings is 6. The zero-order valence-electron chi connectivity index (χ0n) is 37.6. The summed E-state index contributed by atoms with van der Waals surface area (Å²) in [5.41, 5.74) is 8.62. The molecule has 3 nitrogen and oxygen atoms in total. The maximum atomic E-state index is 6.79. The monoisotopic (exact) mass is 896 g/mol. The predicted molar refractivity (Wildman–Crippen MR) is 277 cm³/mol. The molecule has 0 amide bonds. The summed E-state index contributed by atoms with van der Waals surface area (Å²) in [5.74, 6) is 0. The molecule has 332 valence electrons. The fourth-order valence-electron chi connectivity index (χ4n) is 7.91. The molecule has 6 aromatic rings. The van der Waals surface area contributed by atoms with Crippen molar-refractivity contribution < 1.29 is 14.2 Å². The predicted octanol–water partition coefficient (Wildman–Crippen LogP) is 13.3. The largest absolute Gasteiger partial charge is 0.378 e. The molecular weight excluding hydrogens is 826 g/mol. The molecule has 0 bridgehead atoms. The molecule has 6 heteroatoms. The summed E-state index contributed by atoms with van der Waals surface area (Å²) >= 11 is 0. The molecule has 63 heavy (non-hydrogen) atoms. The van der Waals surface area contributed by atoms with E-state index in [0.717, 1.165) is 76.8 Å². The second-order valence-corrected chi connectivity index (χ2v) is 24.6. The van der Waals surface area contributed by atoms with Gasteiger partial charge in [0.1, 0.15) is 6.10 Å². The first-order valence-corrected chi connectivity index (χ1v) is 29.1. The van der Waals surface area contributed by atoms with Gasteiger partial charge in [0, 0.05) is 0 Å². The molecule has 0 aliphatic rings. The lowest BCUT2D eigenvalue weighted by Crippen LogP contribution is -2.28. The second kappa shape index (κ2) is 30.6. The molecule has 0 heterocycles. The van der Waals surface area contributed by atoms with Gasteiger partial charge in [0.25, 0.3) is 0 Å². The Morgan fingerprint density at radius 1 is 0.270 bits per heavy atom. The highest BCUT2D eigenvalue weighted by molar-refractivity contribution is 7.58. The van der Waals surface area contributed by atoms with E-state index in [2.05, 4.69) is 182 Å². The Bertz CT molecular complexity index is 1760. The van der Waals surface area contributed by atoms with E-state index in [0.29, 0.717) is 13.2 Å². The van der Waals surface area contributed by atoms with Gasteiger partial charge in [-0.3, -0.25) is 0 Å². The third kappa shape index (κ3) is 20.9. The minimum Gasteiger partial charge on any atom is -0.378 e. The van der Waals surface area contributed by atoms with Gasteiger partial charge in [-0.15, -0.1) is 23.8 Å². The van der Waals surface area contributed by atoms with Crippen LogP contribution in [0.1, 0.15) is 33.4 Å². The normalized spacial score (nSPS) is 11.6. The third-order valence-corrected chi connectivity index (χ3v) is 19.4. The fraction of sp³-hybridized carbons (Fsp3) is 0.368. The summed E-state index contributed by atoms with van der Waals surface area (Å²) in [6, 6.07) is 66.0. The molecule has 6 rings (SSSR count). The van der Waals surface area contributed by atoms with Crippen LogP contribution in [-0.2, 0) is 52.7 Å². The zero-order chi connectivity index (χ0) is 43.3. The van der Waals surface area contributed by atoms with Gasteiger partial charge < -0.3 is 14.2 Å². The number of hydrogen-bond donors (Lipinski definition) is 0. The Kier molecular flexibility index (Phi) is 23.8. The van der Waals surface area contributed by atoms with E-state index in [1.54, 1.807) is 0 Å². The Labute approximate surface area is 384 Å². The molecule has 0 spiro atoms. The van der Waals surface area contributed by atoms with Crippen molar-refractivity contribution >= 4 is 23.8 Å². The lowest BCUT2D eigenvalue weighted by Gasteiger charge is -2.23. The third-order valence-electron chi connectivity index (χ3n) is 11.8. The van der Waals surface area contributed by atoms with Crippen LogP contribution in [0.5, 0.6) is 0 Å². The highest BCUT2D eigenvalue weighted by Gasteiger charge is 2.17. The smallest absolute Gasteiger partial charge is 0.104 e. The summed E-state index contributed by atoms with van der Waals surface area (Å²) < 4.78 is 19.9. The quantitative estimate of drug-likeness (QED) is 0.0312. The fourth-order valence-corrected chi connectivity index (χ4v) is 14.5. The SMILES string of the molecule is c1ccc(CCP(CCOCC(COCCP(CCc2ccccc2)CCc2ccccc2)OCCP(CCc2ccccc2)CCc2ccccc2)CCc2ccccc2)cc1. The lowest BCUT2D eigenvalue weighted by atomic mass is 10.2. The van der Waals surface area contributed by atoms with E-state index in [1.165, 1.54) is 70.4 Å². The minimum atomic E-state index is -0.184. The minimum absolute atomic E-state index is 0.0650. The molecule has 0 unspecified atom stereocenters. The molecule has 0 saturated carbocycles. The molecule has 0 aliphatic carbocycles. The first-order chi connectivity index (χ1) is 31.2. The highest BCUT2D eigenvalue weighted by atomic mass is 31.1. The van der Waals surface area contributed by atoms with E-state index < -0.39 is 0 Å². The molecule has 0 aliphatic heterocycles. The van der Waals surface area contributed by atoms with Crippen LogP contribution in [-0.4, -0.2) is 94.6 Å². The second-order valence-electron chi connectivity index (χ2n) is 16.6. The van der Waals surface area contributed by atoms with E-state index in [9.17, 15) is 0 Å². The van der Waals surface area contributed by atoms with Crippen LogP contribution >= 0.6 is 23.8 Å². The number of rotatable bonds is 32. The first-order valence-electron chi connectivity index (χ1n) is 23.4. The van der Waals surface area contributed by atoms with Crippen molar-refractivity contribution in [1.29, 1.82) is 0 Å². The zero-order valence-corrected chi connectivity index (χ0v) is 40.3. The van der Waals surface area contributed by atoms with Crippen LogP contribution in [0.15, 0.2) is 182 Å². The standard InChI is InChI=1S/C57H71O3P3/c1-7-19-51(20-8-1)31-40-61(41-32-52-21-9-2-10-22-52)46-37-58-49-57(60-39-48-63(44-35-55-27-15-5-16-28-55)45-36-56-29-17-6-18-30-56)50-59-38-47-62(42-33-53-23-11-3-12-24-53)43-34-54-25-13-4-14-26-54/h1-30,57H,31-50H2. The Balaban J connectivity index is 1.04. The molecule has 0 radical (unpaired) electrons.